The Bertz CT molecular complexity index is 563. The highest BCUT2D eigenvalue weighted by molar-refractivity contribution is 5.67. The third-order valence-electron chi connectivity index (χ3n) is 2.81. The van der Waals surface area contributed by atoms with E-state index in [1.54, 1.807) is 16.9 Å². The minimum Gasteiger partial charge on any atom is -0.481 e. The Morgan fingerprint density at radius 3 is 2.83 bits per heavy atom. The van der Waals surface area contributed by atoms with Gasteiger partial charge in [0.1, 0.15) is 0 Å². The minimum absolute atomic E-state index is 0.105. The third kappa shape index (κ3) is 2.37. The van der Waals surface area contributed by atoms with Crippen molar-refractivity contribution >= 4 is 5.97 Å². The molecule has 2 aromatic heterocycles. The molecule has 0 atom stereocenters. The number of carboxylic acids is 1. The molecule has 6 nitrogen and oxygen atoms in total. The summed E-state index contributed by atoms with van der Waals surface area (Å²) in [6.07, 6.45) is 2.18. The lowest BCUT2D eigenvalue weighted by Gasteiger charge is -2.02. The number of aromatic nitrogens is 4. The smallest absolute Gasteiger partial charge is 0.303 e. The van der Waals surface area contributed by atoms with Crippen molar-refractivity contribution in [1.29, 1.82) is 0 Å². The van der Waals surface area contributed by atoms with Crippen LogP contribution in [0.15, 0.2) is 18.3 Å². The van der Waals surface area contributed by atoms with Crippen molar-refractivity contribution in [1.82, 2.24) is 20.0 Å². The first kappa shape index (κ1) is 12.2. The molecule has 18 heavy (non-hydrogen) atoms. The molecular formula is C12H14N4O2. The Morgan fingerprint density at radius 2 is 2.22 bits per heavy atom. The lowest BCUT2D eigenvalue weighted by atomic mass is 10.1. The molecule has 0 bridgehead atoms. The standard InChI is InChI=1S/C12H14N4O2/c1-8-10(5-6-12(17)18)9(2)16(15-8)11-4-3-7-13-14-11/h3-4,7H,5-6H2,1-2H3,(H,17,18). The van der Waals surface area contributed by atoms with Crippen molar-refractivity contribution in [3.05, 3.63) is 35.3 Å². The van der Waals surface area contributed by atoms with E-state index in [1.165, 1.54) is 0 Å². The van der Waals surface area contributed by atoms with Gasteiger partial charge in [0.25, 0.3) is 0 Å². The first-order valence-electron chi connectivity index (χ1n) is 5.64. The van der Waals surface area contributed by atoms with E-state index < -0.39 is 5.97 Å². The van der Waals surface area contributed by atoms with Gasteiger partial charge in [0.2, 0.25) is 0 Å². The van der Waals surface area contributed by atoms with Gasteiger partial charge in [-0.15, -0.1) is 5.10 Å². The van der Waals surface area contributed by atoms with E-state index in [0.717, 1.165) is 17.0 Å². The van der Waals surface area contributed by atoms with Crippen LogP contribution in [-0.4, -0.2) is 31.1 Å². The van der Waals surface area contributed by atoms with E-state index in [9.17, 15) is 4.79 Å². The fraction of sp³-hybridized carbons (Fsp3) is 0.333. The number of hydrogen-bond donors (Lipinski definition) is 1. The number of hydrogen-bond acceptors (Lipinski definition) is 4. The van der Waals surface area contributed by atoms with Gasteiger partial charge in [0.05, 0.1) is 5.69 Å². The molecule has 2 aromatic rings. The first-order valence-corrected chi connectivity index (χ1v) is 5.64. The maximum absolute atomic E-state index is 10.6. The van der Waals surface area contributed by atoms with Crippen LogP contribution in [0.4, 0.5) is 0 Å². The largest absolute Gasteiger partial charge is 0.481 e. The Labute approximate surface area is 104 Å². The van der Waals surface area contributed by atoms with Gasteiger partial charge in [-0.1, -0.05) is 0 Å². The molecule has 0 radical (unpaired) electrons. The Morgan fingerprint density at radius 1 is 1.44 bits per heavy atom. The Hall–Kier alpha value is -2.24. The summed E-state index contributed by atoms with van der Waals surface area (Å²) in [5, 5.41) is 20.9. The average molecular weight is 246 g/mol. The summed E-state index contributed by atoms with van der Waals surface area (Å²) in [5.41, 5.74) is 2.71. The van der Waals surface area contributed by atoms with Crippen LogP contribution in [0.25, 0.3) is 5.82 Å². The normalized spacial score (nSPS) is 10.6. The zero-order valence-electron chi connectivity index (χ0n) is 10.3. The van der Waals surface area contributed by atoms with Crippen LogP contribution in [0.3, 0.4) is 0 Å². The van der Waals surface area contributed by atoms with Gasteiger partial charge in [0.15, 0.2) is 5.82 Å². The summed E-state index contributed by atoms with van der Waals surface area (Å²) in [7, 11) is 0. The van der Waals surface area contributed by atoms with Crippen molar-refractivity contribution in [2.45, 2.75) is 26.7 Å². The van der Waals surface area contributed by atoms with Gasteiger partial charge in [0, 0.05) is 18.3 Å². The molecule has 0 spiro atoms. The van der Waals surface area contributed by atoms with Gasteiger partial charge in [-0.2, -0.15) is 10.2 Å². The second-order valence-corrected chi connectivity index (χ2v) is 4.04. The summed E-state index contributed by atoms with van der Waals surface area (Å²) >= 11 is 0. The zero-order valence-corrected chi connectivity index (χ0v) is 10.3. The number of aryl methyl sites for hydroxylation is 1. The molecule has 6 heteroatoms. The molecule has 94 valence electrons. The second kappa shape index (κ2) is 4.95. The van der Waals surface area contributed by atoms with Crippen LogP contribution in [0.2, 0.25) is 0 Å². The van der Waals surface area contributed by atoms with Crippen molar-refractivity contribution in [2.24, 2.45) is 0 Å². The Kier molecular flexibility index (Phi) is 3.36. The summed E-state index contributed by atoms with van der Waals surface area (Å²) in [5.74, 6) is -0.166. The van der Waals surface area contributed by atoms with E-state index in [4.69, 9.17) is 5.11 Å². The topological polar surface area (TPSA) is 80.9 Å². The molecule has 0 amide bonds. The molecule has 0 saturated carbocycles. The van der Waals surface area contributed by atoms with E-state index in [2.05, 4.69) is 15.3 Å². The number of rotatable bonds is 4. The summed E-state index contributed by atoms with van der Waals surface area (Å²) in [6, 6.07) is 3.60. The minimum atomic E-state index is -0.805. The van der Waals surface area contributed by atoms with E-state index >= 15 is 0 Å². The predicted octanol–water partition coefficient (Wildman–Crippen LogP) is 1.30. The zero-order chi connectivity index (χ0) is 13.1. The van der Waals surface area contributed by atoms with Crippen molar-refractivity contribution < 1.29 is 9.90 Å². The Balaban J connectivity index is 2.35. The van der Waals surface area contributed by atoms with Crippen LogP contribution >= 0.6 is 0 Å². The SMILES string of the molecule is Cc1nn(-c2cccnn2)c(C)c1CCC(=O)O. The quantitative estimate of drug-likeness (QED) is 0.879. The number of carbonyl (C=O) groups is 1. The fourth-order valence-electron chi connectivity index (χ4n) is 1.90. The van der Waals surface area contributed by atoms with Crippen molar-refractivity contribution in [3.8, 4) is 5.82 Å². The predicted molar refractivity (Wildman–Crippen MR) is 64.6 cm³/mol. The van der Waals surface area contributed by atoms with Gasteiger partial charge in [-0.3, -0.25) is 4.79 Å². The molecule has 1 N–H and O–H groups in total. The molecule has 2 heterocycles. The first-order chi connectivity index (χ1) is 8.59. The lowest BCUT2D eigenvalue weighted by Crippen LogP contribution is -2.03. The highest BCUT2D eigenvalue weighted by atomic mass is 16.4. The highest BCUT2D eigenvalue weighted by Gasteiger charge is 2.14. The molecule has 0 saturated heterocycles. The van der Waals surface area contributed by atoms with E-state index in [1.807, 2.05) is 19.9 Å². The molecule has 2 rings (SSSR count). The van der Waals surface area contributed by atoms with Crippen LogP contribution in [0.5, 0.6) is 0 Å². The van der Waals surface area contributed by atoms with Crippen LogP contribution in [0.1, 0.15) is 23.4 Å². The second-order valence-electron chi connectivity index (χ2n) is 4.04. The van der Waals surface area contributed by atoms with E-state index in [-0.39, 0.29) is 6.42 Å². The van der Waals surface area contributed by atoms with Gasteiger partial charge in [-0.05, 0) is 38.0 Å². The van der Waals surface area contributed by atoms with Gasteiger partial charge < -0.3 is 5.11 Å². The molecule has 0 aliphatic rings. The summed E-state index contributed by atoms with van der Waals surface area (Å²) in [6.45, 7) is 3.78. The maximum atomic E-state index is 10.6. The molecule has 0 aliphatic carbocycles. The van der Waals surface area contributed by atoms with Gasteiger partial charge >= 0.3 is 5.97 Å². The fourth-order valence-corrected chi connectivity index (χ4v) is 1.90. The van der Waals surface area contributed by atoms with Crippen molar-refractivity contribution in [2.75, 3.05) is 0 Å². The van der Waals surface area contributed by atoms with Crippen LogP contribution in [-0.2, 0) is 11.2 Å². The van der Waals surface area contributed by atoms with Crippen molar-refractivity contribution in [3.63, 3.8) is 0 Å². The van der Waals surface area contributed by atoms with Gasteiger partial charge in [-0.25, -0.2) is 4.68 Å². The molecule has 0 aromatic carbocycles. The number of carboxylic acid groups (broad SMARTS) is 1. The summed E-state index contributed by atoms with van der Waals surface area (Å²) in [4.78, 5) is 10.6. The third-order valence-corrected chi connectivity index (χ3v) is 2.81. The maximum Gasteiger partial charge on any atom is 0.303 e. The lowest BCUT2D eigenvalue weighted by molar-refractivity contribution is -0.136. The van der Waals surface area contributed by atoms with Crippen LogP contribution in [0, 0.1) is 13.8 Å². The molecule has 0 unspecified atom stereocenters. The van der Waals surface area contributed by atoms with Crippen LogP contribution < -0.4 is 0 Å². The number of nitrogens with zero attached hydrogens (tertiary/aromatic N) is 4. The molecule has 0 fully saturated rings. The highest BCUT2D eigenvalue weighted by Crippen LogP contribution is 2.17. The number of aliphatic carboxylic acids is 1. The molecule has 0 aliphatic heterocycles. The summed E-state index contributed by atoms with van der Waals surface area (Å²) < 4.78 is 1.69. The monoisotopic (exact) mass is 246 g/mol. The van der Waals surface area contributed by atoms with E-state index in [0.29, 0.717) is 12.2 Å². The molecular weight excluding hydrogens is 232 g/mol. The average Bonchev–Trinajstić information content (AvgIpc) is 2.63.